The Morgan fingerprint density at radius 1 is 1.19 bits per heavy atom. The lowest BCUT2D eigenvalue weighted by atomic mass is 9.44. The third kappa shape index (κ3) is 3.22. The first-order chi connectivity index (χ1) is 17.5. The summed E-state index contributed by atoms with van der Waals surface area (Å²) >= 11 is 0. The molecule has 2 heterocycles. The van der Waals surface area contributed by atoms with Gasteiger partial charge in [0.15, 0.2) is 5.78 Å². The van der Waals surface area contributed by atoms with Crippen LogP contribution >= 0.6 is 0 Å². The van der Waals surface area contributed by atoms with Crippen molar-refractivity contribution in [3.63, 3.8) is 0 Å². The van der Waals surface area contributed by atoms with Gasteiger partial charge in [-0.25, -0.2) is 4.79 Å². The number of epoxide rings is 1. The summed E-state index contributed by atoms with van der Waals surface area (Å²) < 4.78 is 17.9. The van der Waals surface area contributed by atoms with E-state index in [2.05, 4.69) is 6.92 Å². The number of ether oxygens (including phenoxy) is 3. The average Bonchev–Trinajstić information content (AvgIpc) is 3.57. The topological polar surface area (TPSA) is 102 Å². The number of aliphatic hydroxyl groups is 1. The fourth-order valence-electron chi connectivity index (χ4n) is 9.01. The second-order valence-electron chi connectivity index (χ2n) is 12.6. The van der Waals surface area contributed by atoms with Gasteiger partial charge in [0.2, 0.25) is 0 Å². The van der Waals surface area contributed by atoms with E-state index in [1.165, 1.54) is 12.5 Å². The van der Waals surface area contributed by atoms with E-state index in [4.69, 9.17) is 14.2 Å². The molecule has 1 N–H and O–H groups in total. The van der Waals surface area contributed by atoms with Crippen LogP contribution in [0, 0.1) is 28.6 Å². The number of ketones is 1. The molecular formula is C30H38O7. The summed E-state index contributed by atoms with van der Waals surface area (Å²) in [5.41, 5.74) is 1.58. The van der Waals surface area contributed by atoms with Gasteiger partial charge in [0, 0.05) is 24.3 Å². The average molecular weight is 511 g/mol. The van der Waals surface area contributed by atoms with Crippen molar-refractivity contribution in [2.24, 2.45) is 28.6 Å². The zero-order chi connectivity index (χ0) is 26.5. The molecule has 37 heavy (non-hydrogen) atoms. The quantitative estimate of drug-likeness (QED) is 0.348. The van der Waals surface area contributed by atoms with Crippen molar-refractivity contribution < 1.29 is 33.7 Å². The van der Waals surface area contributed by atoms with Gasteiger partial charge in [-0.2, -0.15) is 0 Å². The van der Waals surface area contributed by atoms with Gasteiger partial charge in [0.1, 0.15) is 24.4 Å². The Hall–Kier alpha value is -2.25. The van der Waals surface area contributed by atoms with Crippen molar-refractivity contribution >= 4 is 17.7 Å². The zero-order valence-corrected chi connectivity index (χ0v) is 22.5. The summed E-state index contributed by atoms with van der Waals surface area (Å²) in [5.74, 6) is -0.334. The minimum absolute atomic E-state index is 0.00520. The summed E-state index contributed by atoms with van der Waals surface area (Å²) in [6, 6.07) is 0. The monoisotopic (exact) mass is 510 g/mol. The highest BCUT2D eigenvalue weighted by molar-refractivity contribution is 5.97. The number of hydrogen-bond donors (Lipinski definition) is 1. The highest BCUT2D eigenvalue weighted by Gasteiger charge is 2.77. The number of fused-ring (bicyclic) bond motifs is 8. The number of cyclic esters (lactones) is 1. The third-order valence-corrected chi connectivity index (χ3v) is 11.3. The van der Waals surface area contributed by atoms with Crippen LogP contribution in [-0.2, 0) is 28.6 Å². The van der Waals surface area contributed by atoms with Gasteiger partial charge >= 0.3 is 11.9 Å². The summed E-state index contributed by atoms with van der Waals surface area (Å²) in [4.78, 5) is 38.0. The van der Waals surface area contributed by atoms with E-state index in [0.29, 0.717) is 18.4 Å². The molecule has 3 saturated carbocycles. The smallest absolute Gasteiger partial charge is 0.334 e. The van der Waals surface area contributed by atoms with Crippen molar-refractivity contribution in [1.29, 1.82) is 0 Å². The number of carbonyl (C=O) groups is 3. The molecule has 6 aliphatic rings. The molecule has 9 atom stereocenters. The van der Waals surface area contributed by atoms with Crippen LogP contribution in [0.3, 0.4) is 0 Å². The number of esters is 2. The van der Waals surface area contributed by atoms with Gasteiger partial charge < -0.3 is 19.3 Å². The molecule has 0 spiro atoms. The first kappa shape index (κ1) is 25.1. The Morgan fingerprint density at radius 2 is 1.95 bits per heavy atom. The van der Waals surface area contributed by atoms with E-state index < -0.39 is 11.0 Å². The summed E-state index contributed by atoms with van der Waals surface area (Å²) in [6.45, 7) is 9.54. The maximum atomic E-state index is 13.4. The molecule has 0 aromatic rings. The molecule has 1 saturated heterocycles. The molecule has 4 fully saturated rings. The van der Waals surface area contributed by atoms with Gasteiger partial charge in [-0.1, -0.05) is 17.2 Å². The minimum Gasteiger partial charge on any atom is -0.465 e. The van der Waals surface area contributed by atoms with E-state index in [0.717, 1.165) is 36.8 Å². The number of allylic oxidation sites excluding steroid dienone is 1. The van der Waals surface area contributed by atoms with Crippen LogP contribution in [0.1, 0.15) is 73.1 Å². The van der Waals surface area contributed by atoms with Gasteiger partial charge in [0.25, 0.3) is 0 Å². The summed E-state index contributed by atoms with van der Waals surface area (Å²) in [7, 11) is 0. The molecule has 7 heteroatoms. The van der Waals surface area contributed by atoms with Crippen LogP contribution in [0.25, 0.3) is 0 Å². The highest BCUT2D eigenvalue weighted by Crippen LogP contribution is 2.71. The second kappa shape index (κ2) is 8.12. The van der Waals surface area contributed by atoms with Crippen LogP contribution in [0.4, 0.5) is 0 Å². The van der Waals surface area contributed by atoms with Gasteiger partial charge in [0.05, 0.1) is 11.5 Å². The van der Waals surface area contributed by atoms with E-state index in [-0.39, 0.29) is 65.8 Å². The molecule has 0 amide bonds. The second-order valence-corrected chi connectivity index (χ2v) is 12.6. The lowest BCUT2D eigenvalue weighted by Crippen LogP contribution is -2.67. The Kier molecular flexibility index (Phi) is 5.50. The predicted molar refractivity (Wildman–Crippen MR) is 134 cm³/mol. The van der Waals surface area contributed by atoms with Gasteiger partial charge in [-0.3, -0.25) is 9.59 Å². The normalized spacial score (nSPS) is 47.4. The lowest BCUT2D eigenvalue weighted by Gasteiger charge is -2.59. The molecule has 6 rings (SSSR count). The fraction of sp³-hybridized carbons (Fsp3) is 0.700. The van der Waals surface area contributed by atoms with E-state index in [9.17, 15) is 19.5 Å². The lowest BCUT2D eigenvalue weighted by molar-refractivity contribution is -0.182. The first-order valence-electron chi connectivity index (χ1n) is 13.8. The molecule has 7 nitrogen and oxygen atoms in total. The fourth-order valence-corrected chi connectivity index (χ4v) is 9.01. The highest BCUT2D eigenvalue weighted by atomic mass is 16.6. The number of rotatable bonds is 3. The Morgan fingerprint density at radius 3 is 2.65 bits per heavy atom. The summed E-state index contributed by atoms with van der Waals surface area (Å²) in [6.07, 6.45) is 7.03. The molecule has 0 radical (unpaired) electrons. The SMILES string of the molecule is CC(=O)OC[C@]12CC[C@H]3[C@@H]([C@@H]4O[C@@H]4[C@@]4(O)CC=CC(=O)[C@]34C)[C@@H]1CC/C2=C(/C)C1CC(C)=C(C)C(=O)O1. The predicted octanol–water partition coefficient (Wildman–Crippen LogP) is 3.99. The van der Waals surface area contributed by atoms with Crippen molar-refractivity contribution in [2.45, 2.75) is 97.1 Å². The molecule has 0 aromatic carbocycles. The minimum atomic E-state index is -1.17. The standard InChI is InChI=1S/C30H38O7/c1-15-13-22(36-27(33)16(15)2)17(3)19-8-9-21-24-20(10-12-29(19,21)14-35-18(4)31)28(5)23(32)7-6-11-30(28,34)26-25(24)37-26/h6-7,20-22,24-26,34H,8-14H2,1-5H3/b19-17+/t20-,21-,22?,24+,25-,26-,28-,29-,30-/m0/s1. The van der Waals surface area contributed by atoms with E-state index >= 15 is 0 Å². The third-order valence-electron chi connectivity index (χ3n) is 11.3. The molecule has 0 aromatic heterocycles. The van der Waals surface area contributed by atoms with Gasteiger partial charge in [-0.05, 0) is 89.2 Å². The number of carbonyl (C=O) groups excluding carboxylic acids is 3. The van der Waals surface area contributed by atoms with Crippen LogP contribution in [0.2, 0.25) is 0 Å². The summed E-state index contributed by atoms with van der Waals surface area (Å²) in [5, 5.41) is 11.8. The molecule has 200 valence electrons. The molecule has 0 bridgehead atoms. The number of hydrogen-bond acceptors (Lipinski definition) is 7. The largest absolute Gasteiger partial charge is 0.465 e. The van der Waals surface area contributed by atoms with Crippen molar-refractivity contribution in [3.8, 4) is 0 Å². The Labute approximate surface area is 218 Å². The van der Waals surface area contributed by atoms with Crippen molar-refractivity contribution in [1.82, 2.24) is 0 Å². The van der Waals surface area contributed by atoms with Crippen LogP contribution < -0.4 is 0 Å². The maximum absolute atomic E-state index is 13.4. The Bertz CT molecular complexity index is 1180. The van der Waals surface area contributed by atoms with Crippen molar-refractivity contribution in [3.05, 3.63) is 34.4 Å². The van der Waals surface area contributed by atoms with E-state index in [1.807, 2.05) is 20.8 Å². The Balaban J connectivity index is 1.41. The molecular weight excluding hydrogens is 472 g/mol. The van der Waals surface area contributed by atoms with Crippen LogP contribution in [0.15, 0.2) is 34.4 Å². The molecule has 2 aliphatic heterocycles. The molecule has 1 unspecified atom stereocenters. The molecule has 4 aliphatic carbocycles. The maximum Gasteiger partial charge on any atom is 0.334 e. The zero-order valence-electron chi connectivity index (χ0n) is 22.5. The van der Waals surface area contributed by atoms with Crippen LogP contribution in [-0.4, -0.2) is 53.3 Å². The van der Waals surface area contributed by atoms with Crippen molar-refractivity contribution in [2.75, 3.05) is 6.61 Å². The first-order valence-corrected chi connectivity index (χ1v) is 13.8. The van der Waals surface area contributed by atoms with Crippen LogP contribution in [0.5, 0.6) is 0 Å². The van der Waals surface area contributed by atoms with E-state index in [1.54, 1.807) is 12.2 Å². The van der Waals surface area contributed by atoms with Gasteiger partial charge in [-0.15, -0.1) is 0 Å².